The lowest BCUT2D eigenvalue weighted by Crippen LogP contribution is -2.14. The Hall–Kier alpha value is -6.70. The number of esters is 2. The smallest absolute Gasteiger partial charge is 0.416 e. The molecule has 0 saturated heterocycles. The standard InChI is InChI=1S/C57H60F6N2O6/c1-5-9-18-50(47-16-11-14-45(64-47)40-24-28-43(29-25-40)56(58,59)60)69-49-32-20-38(36-42(49)13-7-3)22-34-54(66)71-55(67)35-23-39-21-33-52(53(37-39)68-8-4)70-51(19-10-6-2)48-17-12-15-46(65-48)41-26-30-44(31-27-41)57(61,62)63/h11-12,14-17,20-21,24-33,36-37,50-51H,5-10,13,18-19,22-23,34-35H2,1-4H3. The molecule has 0 amide bonds. The van der Waals surface area contributed by atoms with Crippen molar-refractivity contribution in [1.82, 2.24) is 9.97 Å². The molecule has 0 radical (unpaired) electrons. The number of carbonyl (C=O) groups is 2. The highest BCUT2D eigenvalue weighted by molar-refractivity contribution is 5.85. The Morgan fingerprint density at radius 1 is 0.521 bits per heavy atom. The number of aryl methyl sites for hydroxylation is 3. The van der Waals surface area contributed by atoms with Crippen molar-refractivity contribution in [2.45, 2.75) is 129 Å². The number of hydrogen-bond acceptors (Lipinski definition) is 8. The number of unbranched alkanes of at least 4 members (excludes halogenated alkanes) is 2. The third-order valence-electron chi connectivity index (χ3n) is 11.8. The van der Waals surface area contributed by atoms with E-state index in [9.17, 15) is 35.9 Å². The average Bonchev–Trinajstić information content (AvgIpc) is 3.36. The molecule has 0 bridgehead atoms. The van der Waals surface area contributed by atoms with Crippen molar-refractivity contribution in [3.05, 3.63) is 161 Å². The third-order valence-corrected chi connectivity index (χ3v) is 11.8. The molecule has 2 aromatic heterocycles. The van der Waals surface area contributed by atoms with Gasteiger partial charge in [0.05, 0.1) is 53.4 Å². The summed E-state index contributed by atoms with van der Waals surface area (Å²) in [4.78, 5) is 35.5. The Bertz CT molecular complexity index is 2490. The third kappa shape index (κ3) is 15.6. The zero-order chi connectivity index (χ0) is 51.0. The van der Waals surface area contributed by atoms with Gasteiger partial charge < -0.3 is 18.9 Å². The molecule has 2 atom stereocenters. The van der Waals surface area contributed by atoms with Gasteiger partial charge in [0.25, 0.3) is 0 Å². The Morgan fingerprint density at radius 2 is 0.986 bits per heavy atom. The molecular weight excluding hydrogens is 923 g/mol. The van der Waals surface area contributed by atoms with Crippen LogP contribution in [0.25, 0.3) is 22.5 Å². The van der Waals surface area contributed by atoms with E-state index in [0.717, 1.165) is 73.1 Å². The molecule has 4 aromatic carbocycles. The topological polar surface area (TPSA) is 96.8 Å². The van der Waals surface area contributed by atoms with Crippen LogP contribution in [0, 0.1) is 0 Å². The van der Waals surface area contributed by atoms with E-state index >= 15 is 0 Å². The fourth-order valence-corrected chi connectivity index (χ4v) is 8.03. The van der Waals surface area contributed by atoms with E-state index in [2.05, 4.69) is 20.8 Å². The number of ether oxygens (including phenoxy) is 4. The summed E-state index contributed by atoms with van der Waals surface area (Å²) < 4.78 is 104. The van der Waals surface area contributed by atoms with E-state index in [1.54, 1.807) is 30.3 Å². The number of rotatable bonds is 24. The SMILES string of the molecule is CCCCC(Oc1ccc(CCC(=O)OC(=O)CCc2ccc(OC(CCCC)c3cccc(-c4ccc(C(F)(F)F)cc4)n3)c(OCC)c2)cc1CCC)c1cccc(-c2ccc(C(F)(F)F)cc2)n1. The van der Waals surface area contributed by atoms with Gasteiger partial charge in [-0.15, -0.1) is 0 Å². The van der Waals surface area contributed by atoms with E-state index in [0.29, 0.717) is 83.4 Å². The van der Waals surface area contributed by atoms with Crippen LogP contribution in [0.4, 0.5) is 26.3 Å². The number of nitrogens with zero attached hydrogens (tertiary/aromatic N) is 2. The fourth-order valence-electron chi connectivity index (χ4n) is 8.03. The van der Waals surface area contributed by atoms with Crippen LogP contribution in [0.2, 0.25) is 0 Å². The summed E-state index contributed by atoms with van der Waals surface area (Å²) in [7, 11) is 0. The van der Waals surface area contributed by atoms with Gasteiger partial charge in [0.1, 0.15) is 18.0 Å². The van der Waals surface area contributed by atoms with Gasteiger partial charge >= 0.3 is 24.3 Å². The fraction of sp³-hybridized carbons (Fsp3) is 0.368. The number of benzene rings is 4. The lowest BCUT2D eigenvalue weighted by atomic mass is 10.0. The summed E-state index contributed by atoms with van der Waals surface area (Å²) in [6.45, 7) is 8.39. The average molecular weight is 983 g/mol. The first-order valence-electron chi connectivity index (χ1n) is 24.3. The van der Waals surface area contributed by atoms with Gasteiger partial charge in [-0.2, -0.15) is 26.3 Å². The Morgan fingerprint density at radius 3 is 1.44 bits per heavy atom. The van der Waals surface area contributed by atoms with Crippen molar-refractivity contribution >= 4 is 11.9 Å². The maximum atomic E-state index is 13.2. The molecular formula is C57H60F6N2O6. The summed E-state index contributed by atoms with van der Waals surface area (Å²) in [5, 5.41) is 0. The first kappa shape index (κ1) is 53.6. The molecule has 8 nitrogen and oxygen atoms in total. The van der Waals surface area contributed by atoms with Gasteiger partial charge in [-0.25, -0.2) is 9.97 Å². The van der Waals surface area contributed by atoms with Crippen LogP contribution in [0.3, 0.4) is 0 Å². The number of hydrogen-bond donors (Lipinski definition) is 0. The summed E-state index contributed by atoms with van der Waals surface area (Å²) in [5.41, 5.74) is 4.60. The van der Waals surface area contributed by atoms with Crippen molar-refractivity contribution in [2.24, 2.45) is 0 Å². The normalized spacial score (nSPS) is 12.5. The highest BCUT2D eigenvalue weighted by Crippen LogP contribution is 2.37. The largest absolute Gasteiger partial charge is 0.490 e. The van der Waals surface area contributed by atoms with Crippen LogP contribution in [0.1, 0.15) is 137 Å². The highest BCUT2D eigenvalue weighted by atomic mass is 19.4. The maximum absolute atomic E-state index is 13.2. The van der Waals surface area contributed by atoms with Crippen molar-refractivity contribution in [2.75, 3.05) is 6.61 Å². The van der Waals surface area contributed by atoms with Gasteiger partial charge in [0.15, 0.2) is 11.5 Å². The van der Waals surface area contributed by atoms with E-state index in [1.165, 1.54) is 24.3 Å². The van der Waals surface area contributed by atoms with Gasteiger partial charge in [-0.1, -0.05) is 94.6 Å². The van der Waals surface area contributed by atoms with Crippen molar-refractivity contribution in [1.29, 1.82) is 0 Å². The lowest BCUT2D eigenvalue weighted by molar-refractivity contribution is -0.159. The highest BCUT2D eigenvalue weighted by Gasteiger charge is 2.31. The van der Waals surface area contributed by atoms with Crippen molar-refractivity contribution < 1.29 is 54.9 Å². The van der Waals surface area contributed by atoms with Crippen LogP contribution >= 0.6 is 0 Å². The van der Waals surface area contributed by atoms with Crippen LogP contribution in [-0.4, -0.2) is 28.5 Å². The monoisotopic (exact) mass is 982 g/mol. The summed E-state index contributed by atoms with van der Waals surface area (Å²) >= 11 is 0. The van der Waals surface area contributed by atoms with Gasteiger partial charge in [-0.05, 0) is 135 Å². The second kappa shape index (κ2) is 25.4. The van der Waals surface area contributed by atoms with Crippen LogP contribution in [-0.2, 0) is 45.9 Å². The van der Waals surface area contributed by atoms with E-state index < -0.39 is 47.6 Å². The Labute approximate surface area is 411 Å². The summed E-state index contributed by atoms with van der Waals surface area (Å²) in [6.07, 6.45) is -2.85. The van der Waals surface area contributed by atoms with Crippen molar-refractivity contribution in [3.63, 3.8) is 0 Å². The number of pyridine rings is 2. The van der Waals surface area contributed by atoms with Crippen LogP contribution in [0.15, 0.2) is 121 Å². The van der Waals surface area contributed by atoms with Gasteiger partial charge in [0.2, 0.25) is 0 Å². The molecule has 2 unspecified atom stereocenters. The Kier molecular flexibility index (Phi) is 19.2. The minimum Gasteiger partial charge on any atom is -0.490 e. The molecule has 0 N–H and O–H groups in total. The van der Waals surface area contributed by atoms with Crippen LogP contribution in [0.5, 0.6) is 17.2 Å². The molecule has 0 spiro atoms. The Balaban J connectivity index is 1.05. The molecule has 0 fully saturated rings. The van der Waals surface area contributed by atoms with E-state index in [4.69, 9.17) is 28.9 Å². The van der Waals surface area contributed by atoms with E-state index in [-0.39, 0.29) is 19.3 Å². The molecule has 376 valence electrons. The summed E-state index contributed by atoms with van der Waals surface area (Å²) in [6, 6.07) is 31.8. The van der Waals surface area contributed by atoms with Crippen molar-refractivity contribution in [3.8, 4) is 39.8 Å². The number of aromatic nitrogens is 2. The molecule has 2 heterocycles. The molecule has 0 aliphatic heterocycles. The molecule has 6 rings (SSSR count). The number of carbonyl (C=O) groups excluding carboxylic acids is 2. The molecule has 71 heavy (non-hydrogen) atoms. The molecule has 0 aliphatic carbocycles. The predicted molar refractivity (Wildman–Crippen MR) is 261 cm³/mol. The maximum Gasteiger partial charge on any atom is 0.416 e. The molecule has 0 saturated carbocycles. The summed E-state index contributed by atoms with van der Waals surface area (Å²) in [5.74, 6) is 0.320. The van der Waals surface area contributed by atoms with Gasteiger partial charge in [-0.3, -0.25) is 9.59 Å². The number of alkyl halides is 6. The minimum atomic E-state index is -4.44. The second-order valence-corrected chi connectivity index (χ2v) is 17.3. The zero-order valence-electron chi connectivity index (χ0n) is 40.5. The molecule has 0 aliphatic rings. The van der Waals surface area contributed by atoms with E-state index in [1.807, 2.05) is 49.4 Å². The quantitative estimate of drug-likeness (QED) is 0.0336. The first-order chi connectivity index (χ1) is 34.1. The zero-order valence-corrected chi connectivity index (χ0v) is 40.5. The first-order valence-corrected chi connectivity index (χ1v) is 24.3. The second-order valence-electron chi connectivity index (χ2n) is 17.3. The lowest BCUT2D eigenvalue weighted by Gasteiger charge is -2.22. The minimum absolute atomic E-state index is 0.0148. The predicted octanol–water partition coefficient (Wildman–Crippen LogP) is 15.5. The van der Waals surface area contributed by atoms with Gasteiger partial charge in [0, 0.05) is 11.1 Å². The van der Waals surface area contributed by atoms with Crippen LogP contribution < -0.4 is 14.2 Å². The molecule has 6 aromatic rings. The molecule has 14 heteroatoms. The number of halogens is 6.